The highest BCUT2D eigenvalue weighted by molar-refractivity contribution is 7.99. The van der Waals surface area contributed by atoms with Crippen LogP contribution in [0.2, 0.25) is 0 Å². The summed E-state index contributed by atoms with van der Waals surface area (Å²) in [7, 11) is 0. The van der Waals surface area contributed by atoms with Crippen LogP contribution in [0.5, 0.6) is 0 Å². The molecule has 2 heteroatoms. The van der Waals surface area contributed by atoms with Gasteiger partial charge >= 0.3 is 0 Å². The summed E-state index contributed by atoms with van der Waals surface area (Å²) in [6, 6.07) is 0.497. The van der Waals surface area contributed by atoms with E-state index in [-0.39, 0.29) is 0 Å². The summed E-state index contributed by atoms with van der Waals surface area (Å²) >= 11 is 2.07. The second-order valence-corrected chi connectivity index (χ2v) is 4.35. The lowest BCUT2D eigenvalue weighted by atomic mass is 10.3. The minimum absolute atomic E-state index is 0.497. The van der Waals surface area contributed by atoms with E-state index < -0.39 is 0 Å². The summed E-state index contributed by atoms with van der Waals surface area (Å²) in [6.07, 6.45) is 5.24. The summed E-state index contributed by atoms with van der Waals surface area (Å²) in [5, 5.41) is 0.778. The molecule has 1 saturated carbocycles. The Hall–Kier alpha value is 0.310. The quantitative estimate of drug-likeness (QED) is 0.681. The first-order valence-corrected chi connectivity index (χ1v) is 5.26. The Balaban J connectivity index is 2.14. The van der Waals surface area contributed by atoms with Crippen LogP contribution in [-0.4, -0.2) is 17.0 Å². The lowest BCUT2D eigenvalue weighted by Gasteiger charge is -2.13. The molecule has 2 unspecified atom stereocenters. The zero-order chi connectivity index (χ0) is 7.40. The summed E-state index contributed by atoms with van der Waals surface area (Å²) in [5.74, 6) is 1.29. The normalized spacial score (nSPS) is 33.0. The van der Waals surface area contributed by atoms with Crippen molar-refractivity contribution in [1.29, 1.82) is 0 Å². The fourth-order valence-electron chi connectivity index (χ4n) is 1.43. The molecule has 1 aliphatic carbocycles. The summed E-state index contributed by atoms with van der Waals surface area (Å²) in [6.45, 7) is 2.23. The SMILES string of the molecule is CCCSC1CCCC1N. The number of thioether (sulfide) groups is 1. The topological polar surface area (TPSA) is 26.0 Å². The molecule has 0 bridgehead atoms. The standard InChI is InChI=1S/C8H17NS/c1-2-6-10-8-5-3-4-7(8)9/h7-8H,2-6,9H2,1H3. The maximum absolute atomic E-state index is 5.90. The summed E-state index contributed by atoms with van der Waals surface area (Å²) in [5.41, 5.74) is 5.90. The highest BCUT2D eigenvalue weighted by Crippen LogP contribution is 2.28. The van der Waals surface area contributed by atoms with E-state index in [2.05, 4.69) is 18.7 Å². The molecule has 2 atom stereocenters. The molecule has 0 spiro atoms. The van der Waals surface area contributed by atoms with Crippen molar-refractivity contribution in [3.05, 3.63) is 0 Å². The van der Waals surface area contributed by atoms with Gasteiger partial charge in [-0.2, -0.15) is 11.8 Å². The number of rotatable bonds is 3. The maximum atomic E-state index is 5.90. The third-order valence-corrected chi connectivity index (χ3v) is 3.70. The molecule has 1 aliphatic rings. The zero-order valence-corrected chi connectivity index (χ0v) is 7.49. The van der Waals surface area contributed by atoms with Crippen molar-refractivity contribution in [2.75, 3.05) is 5.75 Å². The highest BCUT2D eigenvalue weighted by atomic mass is 32.2. The van der Waals surface area contributed by atoms with Gasteiger partial charge in [0.1, 0.15) is 0 Å². The van der Waals surface area contributed by atoms with E-state index in [1.807, 2.05) is 0 Å². The van der Waals surface area contributed by atoms with Crippen LogP contribution in [0.1, 0.15) is 32.6 Å². The first kappa shape index (κ1) is 8.41. The van der Waals surface area contributed by atoms with Gasteiger partial charge in [-0.05, 0) is 25.0 Å². The molecule has 60 valence electrons. The molecule has 2 N–H and O–H groups in total. The predicted octanol–water partition coefficient (Wildman–Crippen LogP) is 2.01. The fourth-order valence-corrected chi connectivity index (χ4v) is 2.69. The van der Waals surface area contributed by atoms with E-state index in [0.717, 1.165) is 5.25 Å². The van der Waals surface area contributed by atoms with Gasteiger partial charge < -0.3 is 5.73 Å². The van der Waals surface area contributed by atoms with Crippen LogP contribution < -0.4 is 5.73 Å². The Morgan fingerprint density at radius 3 is 2.80 bits per heavy atom. The van der Waals surface area contributed by atoms with E-state index in [0.29, 0.717) is 6.04 Å². The van der Waals surface area contributed by atoms with Gasteiger partial charge in [-0.15, -0.1) is 0 Å². The largest absolute Gasteiger partial charge is 0.327 e. The third-order valence-electron chi connectivity index (χ3n) is 2.04. The molecule has 0 aromatic heterocycles. The molecule has 0 aromatic rings. The van der Waals surface area contributed by atoms with Crippen LogP contribution in [0.3, 0.4) is 0 Å². The van der Waals surface area contributed by atoms with E-state index in [9.17, 15) is 0 Å². The van der Waals surface area contributed by atoms with Gasteiger partial charge in [0, 0.05) is 11.3 Å². The minimum atomic E-state index is 0.497. The van der Waals surface area contributed by atoms with E-state index in [4.69, 9.17) is 5.73 Å². The molecule has 0 aliphatic heterocycles. The maximum Gasteiger partial charge on any atom is 0.0199 e. The lowest BCUT2D eigenvalue weighted by Crippen LogP contribution is -2.26. The van der Waals surface area contributed by atoms with Crippen LogP contribution in [0, 0.1) is 0 Å². The van der Waals surface area contributed by atoms with Crippen molar-refractivity contribution in [3.8, 4) is 0 Å². The second-order valence-electron chi connectivity index (χ2n) is 3.00. The molecule has 0 heterocycles. The van der Waals surface area contributed by atoms with E-state index in [1.54, 1.807) is 0 Å². The molecule has 1 fully saturated rings. The fraction of sp³-hybridized carbons (Fsp3) is 1.00. The lowest BCUT2D eigenvalue weighted by molar-refractivity contribution is 0.716. The molecule has 0 radical (unpaired) electrons. The number of hydrogen-bond acceptors (Lipinski definition) is 2. The molecular formula is C8H17NS. The first-order valence-electron chi connectivity index (χ1n) is 4.21. The first-order chi connectivity index (χ1) is 4.84. The van der Waals surface area contributed by atoms with Gasteiger partial charge in [0.05, 0.1) is 0 Å². The van der Waals surface area contributed by atoms with Gasteiger partial charge in [0.25, 0.3) is 0 Å². The Morgan fingerprint density at radius 1 is 1.50 bits per heavy atom. The predicted molar refractivity (Wildman–Crippen MR) is 48.4 cm³/mol. The number of hydrogen-bond donors (Lipinski definition) is 1. The third kappa shape index (κ3) is 2.17. The van der Waals surface area contributed by atoms with E-state index >= 15 is 0 Å². The zero-order valence-electron chi connectivity index (χ0n) is 6.68. The molecule has 10 heavy (non-hydrogen) atoms. The van der Waals surface area contributed by atoms with Crippen molar-refractivity contribution >= 4 is 11.8 Å². The van der Waals surface area contributed by atoms with Gasteiger partial charge in [0.2, 0.25) is 0 Å². The van der Waals surface area contributed by atoms with Crippen molar-refractivity contribution in [3.63, 3.8) is 0 Å². The Bertz CT molecular complexity index is 95.3. The van der Waals surface area contributed by atoms with Crippen LogP contribution in [0.4, 0.5) is 0 Å². The van der Waals surface area contributed by atoms with Crippen LogP contribution in [0.25, 0.3) is 0 Å². The summed E-state index contributed by atoms with van der Waals surface area (Å²) in [4.78, 5) is 0. The van der Waals surface area contributed by atoms with Gasteiger partial charge in [0.15, 0.2) is 0 Å². The van der Waals surface area contributed by atoms with E-state index in [1.165, 1.54) is 31.4 Å². The molecule has 1 rings (SSSR count). The van der Waals surface area contributed by atoms with Gasteiger partial charge in [-0.3, -0.25) is 0 Å². The van der Waals surface area contributed by atoms with Crippen molar-refractivity contribution < 1.29 is 0 Å². The van der Waals surface area contributed by atoms with Crippen molar-refractivity contribution in [2.24, 2.45) is 5.73 Å². The molecule has 0 saturated heterocycles. The summed E-state index contributed by atoms with van der Waals surface area (Å²) < 4.78 is 0. The Labute approximate surface area is 67.8 Å². The molecular weight excluding hydrogens is 142 g/mol. The van der Waals surface area contributed by atoms with Crippen molar-refractivity contribution in [2.45, 2.75) is 43.9 Å². The average molecular weight is 159 g/mol. The van der Waals surface area contributed by atoms with Gasteiger partial charge in [-0.25, -0.2) is 0 Å². The van der Waals surface area contributed by atoms with Crippen LogP contribution >= 0.6 is 11.8 Å². The van der Waals surface area contributed by atoms with Gasteiger partial charge in [-0.1, -0.05) is 13.3 Å². The second kappa shape index (κ2) is 4.24. The van der Waals surface area contributed by atoms with Crippen molar-refractivity contribution in [1.82, 2.24) is 0 Å². The molecule has 0 amide bonds. The van der Waals surface area contributed by atoms with Crippen LogP contribution in [-0.2, 0) is 0 Å². The Morgan fingerprint density at radius 2 is 2.30 bits per heavy atom. The molecule has 1 nitrogen and oxygen atoms in total. The minimum Gasteiger partial charge on any atom is -0.327 e. The smallest absolute Gasteiger partial charge is 0.0199 e. The Kier molecular flexibility index (Phi) is 3.57. The van der Waals surface area contributed by atoms with Crippen LogP contribution in [0.15, 0.2) is 0 Å². The monoisotopic (exact) mass is 159 g/mol. The number of nitrogens with two attached hydrogens (primary N) is 1. The molecule has 0 aromatic carbocycles. The average Bonchev–Trinajstić information content (AvgIpc) is 2.31. The highest BCUT2D eigenvalue weighted by Gasteiger charge is 2.23.